The van der Waals surface area contributed by atoms with Gasteiger partial charge in [0, 0.05) is 71.9 Å². The highest BCUT2D eigenvalue weighted by atomic mass is 32.2. The summed E-state index contributed by atoms with van der Waals surface area (Å²) in [7, 11) is -5.70. The minimum Gasteiger partial charge on any atom is -0.365 e. The summed E-state index contributed by atoms with van der Waals surface area (Å²) in [4.78, 5) is 48.3. The number of aryl methyl sites for hydroxylation is 2. The molecule has 10 rings (SSSR count). The van der Waals surface area contributed by atoms with Crippen molar-refractivity contribution in [2.75, 3.05) is 41.4 Å². The molecule has 4 aliphatic heterocycles. The lowest BCUT2D eigenvalue weighted by molar-refractivity contribution is 0.0937. The van der Waals surface area contributed by atoms with Crippen LogP contribution in [0.1, 0.15) is 56.3 Å². The van der Waals surface area contributed by atoms with Gasteiger partial charge in [-0.3, -0.25) is 9.59 Å². The van der Waals surface area contributed by atoms with Gasteiger partial charge in [0.15, 0.2) is 19.7 Å². The quantitative estimate of drug-likeness (QED) is 0.150. The zero-order valence-electron chi connectivity index (χ0n) is 32.4. The van der Waals surface area contributed by atoms with Crippen LogP contribution in [-0.4, -0.2) is 107 Å². The molecule has 4 aliphatic rings. The van der Waals surface area contributed by atoms with Crippen molar-refractivity contribution in [3.63, 3.8) is 0 Å². The first-order chi connectivity index (χ1) is 28.1. The fourth-order valence-electron chi connectivity index (χ4n) is 7.68. The molecular formula is C40H43FN10O6S2. The summed E-state index contributed by atoms with van der Waals surface area (Å²) in [6.45, 7) is 4.70. The van der Waals surface area contributed by atoms with Gasteiger partial charge in [0.2, 0.25) is 5.95 Å². The van der Waals surface area contributed by atoms with E-state index >= 15 is 0 Å². The number of sulfone groups is 2. The van der Waals surface area contributed by atoms with Gasteiger partial charge in [0.1, 0.15) is 16.9 Å². The Balaban J connectivity index is 0.000000142. The van der Waals surface area contributed by atoms with E-state index in [1.165, 1.54) is 0 Å². The second-order valence-electron chi connectivity index (χ2n) is 15.2. The Morgan fingerprint density at radius 1 is 0.695 bits per heavy atom. The van der Waals surface area contributed by atoms with E-state index in [1.54, 1.807) is 19.1 Å². The Morgan fingerprint density at radius 2 is 1.22 bits per heavy atom. The number of carbonyl (C=O) groups is 2. The molecule has 0 spiro atoms. The lowest BCUT2D eigenvalue weighted by Gasteiger charge is -2.15. The van der Waals surface area contributed by atoms with E-state index in [0.29, 0.717) is 59.4 Å². The van der Waals surface area contributed by atoms with E-state index in [0.717, 1.165) is 58.0 Å². The normalized spacial score (nSPS) is 20.1. The molecule has 0 radical (unpaired) electrons. The Hall–Kier alpha value is -5.79. The highest BCUT2D eigenvalue weighted by Gasteiger charge is 2.29. The largest absolute Gasteiger partial charge is 0.365 e. The molecule has 16 nitrogen and oxygen atoms in total. The van der Waals surface area contributed by atoms with E-state index in [1.807, 2.05) is 43.3 Å². The number of aromatic nitrogens is 6. The van der Waals surface area contributed by atoms with Crippen molar-refractivity contribution >= 4 is 59.4 Å². The van der Waals surface area contributed by atoms with E-state index in [-0.39, 0.29) is 52.6 Å². The molecule has 6 aromatic rings. The van der Waals surface area contributed by atoms with Crippen molar-refractivity contribution in [3.8, 4) is 22.5 Å². The van der Waals surface area contributed by atoms with Gasteiger partial charge in [0.05, 0.1) is 56.6 Å². The Kier molecular flexibility index (Phi) is 10.7. The number of aromatic amines is 2. The number of rotatable bonds is 4. The van der Waals surface area contributed by atoms with Crippen molar-refractivity contribution in [2.24, 2.45) is 5.73 Å². The zero-order valence-corrected chi connectivity index (χ0v) is 34.0. The number of nitrogens with one attached hydrogen (secondary N) is 5. The number of anilines is 1. The van der Waals surface area contributed by atoms with Crippen molar-refractivity contribution in [1.82, 2.24) is 40.5 Å². The van der Waals surface area contributed by atoms with Crippen LogP contribution in [0.2, 0.25) is 0 Å². The van der Waals surface area contributed by atoms with Crippen LogP contribution in [0.25, 0.3) is 44.6 Å². The predicted octanol–water partition coefficient (Wildman–Crippen LogP) is 3.31. The van der Waals surface area contributed by atoms with Crippen LogP contribution >= 0.6 is 0 Å². The van der Waals surface area contributed by atoms with Crippen LogP contribution in [0.3, 0.4) is 0 Å². The molecule has 4 aromatic heterocycles. The predicted molar refractivity (Wildman–Crippen MR) is 222 cm³/mol. The summed E-state index contributed by atoms with van der Waals surface area (Å²) in [5.74, 6) is 0.660. The average Bonchev–Trinajstić information content (AvgIpc) is 3.98. The maximum atomic E-state index is 13.8. The number of hydrogen-bond donors (Lipinski definition) is 6. The van der Waals surface area contributed by atoms with Crippen molar-refractivity contribution in [3.05, 3.63) is 88.4 Å². The van der Waals surface area contributed by atoms with Crippen molar-refractivity contribution in [2.45, 2.75) is 51.6 Å². The molecule has 2 unspecified atom stereocenters. The highest BCUT2D eigenvalue weighted by molar-refractivity contribution is 7.91. The van der Waals surface area contributed by atoms with Crippen molar-refractivity contribution < 1.29 is 30.8 Å². The topological polar surface area (TPSA) is 248 Å². The molecule has 2 fully saturated rings. The molecule has 7 N–H and O–H groups in total. The minimum atomic E-state index is -2.98. The van der Waals surface area contributed by atoms with Crippen LogP contribution in [0.4, 0.5) is 10.2 Å². The van der Waals surface area contributed by atoms with Gasteiger partial charge >= 0.3 is 0 Å². The molecule has 2 saturated heterocycles. The molecule has 0 bridgehead atoms. The maximum Gasteiger partial charge on any atom is 0.253 e. The number of H-pyrrole nitrogens is 2. The second-order valence-corrected chi connectivity index (χ2v) is 19.6. The molecule has 0 aliphatic carbocycles. The lowest BCUT2D eigenvalue weighted by Crippen LogP contribution is -2.31. The first kappa shape index (κ1) is 40.0. The number of benzene rings is 2. The molecule has 308 valence electrons. The van der Waals surface area contributed by atoms with E-state index < -0.39 is 25.6 Å². The first-order valence-corrected chi connectivity index (χ1v) is 22.9. The van der Waals surface area contributed by atoms with Gasteiger partial charge in [-0.1, -0.05) is 24.3 Å². The van der Waals surface area contributed by atoms with Gasteiger partial charge in [-0.2, -0.15) is 4.39 Å². The monoisotopic (exact) mass is 842 g/mol. The fraction of sp³-hybridized carbons (Fsp3) is 0.350. The van der Waals surface area contributed by atoms with Gasteiger partial charge in [-0.15, -0.1) is 0 Å². The van der Waals surface area contributed by atoms with Gasteiger partial charge in [0.25, 0.3) is 11.8 Å². The highest BCUT2D eigenvalue weighted by Crippen LogP contribution is 2.32. The summed E-state index contributed by atoms with van der Waals surface area (Å²) < 4.78 is 58.5. The summed E-state index contributed by atoms with van der Waals surface area (Å²) in [5, 5.41) is 8.93. The van der Waals surface area contributed by atoms with Crippen LogP contribution in [-0.2, 0) is 32.5 Å². The Labute approximate surface area is 339 Å². The SMILES string of the molecule is Cc1nc2cccc(-c3cc4c([nH]3)CCNC4=O)c2nc1F.Cc1nc2cccc(-c3cc4c([nH]3)CCNC4=O)c2nc1NC1CCS(=O)(=O)C1.NC1CCS(=O)(=O)C1. The number of nitrogens with zero attached hydrogens (tertiary/aromatic N) is 4. The van der Waals surface area contributed by atoms with Crippen LogP contribution in [0.5, 0.6) is 0 Å². The van der Waals surface area contributed by atoms with E-state index in [9.17, 15) is 30.8 Å². The molecule has 2 atom stereocenters. The maximum absolute atomic E-state index is 13.8. The van der Waals surface area contributed by atoms with Gasteiger partial charge in [-0.25, -0.2) is 36.8 Å². The third-order valence-electron chi connectivity index (χ3n) is 10.7. The standard InChI is InChI=1S/C20H21N5O3S.C16H13FN4O.C4H9NO2S/c1-11-19(23-12-6-8-29(27,28)10-12)25-18-13(3-2-4-16(18)22-11)17-9-14-15(24-17)5-7-21-20(14)26;1-8-15(17)21-14-9(3-2-4-12(14)19-8)13-7-10-11(20-13)5-6-18-16(10)22;5-4-1-2-8(6,7)3-4/h2-4,9,12,24H,5-8,10H2,1H3,(H,21,26)(H,23,25);2-4,7,20H,5-6H2,1H3,(H,18,22);4H,1-3,5H2. The van der Waals surface area contributed by atoms with Crippen LogP contribution in [0.15, 0.2) is 48.5 Å². The Morgan fingerprint density at radius 3 is 1.69 bits per heavy atom. The average molecular weight is 843 g/mol. The molecule has 59 heavy (non-hydrogen) atoms. The molecule has 0 saturated carbocycles. The summed E-state index contributed by atoms with van der Waals surface area (Å²) in [6.07, 6.45) is 2.73. The smallest absolute Gasteiger partial charge is 0.253 e. The number of hydrogen-bond acceptors (Lipinski definition) is 12. The number of nitrogens with two attached hydrogens (primary N) is 1. The molecule has 2 aromatic carbocycles. The number of para-hydroxylation sites is 2. The van der Waals surface area contributed by atoms with Gasteiger partial charge in [-0.05, 0) is 51.0 Å². The summed E-state index contributed by atoms with van der Waals surface area (Å²) in [6, 6.07) is 14.7. The van der Waals surface area contributed by atoms with Crippen LogP contribution < -0.4 is 21.7 Å². The minimum absolute atomic E-state index is 0.0688. The van der Waals surface area contributed by atoms with E-state index in [2.05, 4.69) is 40.9 Å². The second kappa shape index (κ2) is 15.8. The molecule has 8 heterocycles. The molecule has 19 heteroatoms. The number of fused-ring (bicyclic) bond motifs is 4. The lowest BCUT2D eigenvalue weighted by atomic mass is 10.1. The Bertz CT molecular complexity index is 2880. The third-order valence-corrected chi connectivity index (χ3v) is 14.3. The van der Waals surface area contributed by atoms with Gasteiger partial charge < -0.3 is 31.7 Å². The number of halogens is 1. The van der Waals surface area contributed by atoms with Crippen LogP contribution in [0, 0.1) is 19.8 Å². The number of carbonyl (C=O) groups excluding carboxylic acids is 2. The number of amides is 2. The first-order valence-electron chi connectivity index (χ1n) is 19.3. The summed E-state index contributed by atoms with van der Waals surface area (Å²) in [5.41, 5.74) is 15.2. The zero-order chi connectivity index (χ0) is 41.6. The molecular weight excluding hydrogens is 800 g/mol. The molecule has 2 amide bonds. The summed E-state index contributed by atoms with van der Waals surface area (Å²) >= 11 is 0. The fourth-order valence-corrected chi connectivity index (χ4v) is 11.0. The third kappa shape index (κ3) is 8.53. The van der Waals surface area contributed by atoms with Crippen molar-refractivity contribution in [1.29, 1.82) is 0 Å². The van der Waals surface area contributed by atoms with E-state index in [4.69, 9.17) is 10.7 Å².